The minimum atomic E-state index is -0.511. The minimum Gasteiger partial charge on any atom is -0.422 e. The van der Waals surface area contributed by atoms with Crippen LogP contribution >= 0.6 is 0 Å². The van der Waals surface area contributed by atoms with Crippen LogP contribution in [0.5, 0.6) is 5.75 Å². The zero-order chi connectivity index (χ0) is 30.8. The van der Waals surface area contributed by atoms with Crippen LogP contribution in [0.1, 0.15) is 47.2 Å². The molecule has 0 fully saturated rings. The number of nitrogens with one attached hydrogen (secondary N) is 1. The molecule has 0 spiro atoms. The number of carbonyl (C=O) groups excluding carboxylic acids is 2. The molecule has 43 heavy (non-hydrogen) atoms. The van der Waals surface area contributed by atoms with Crippen LogP contribution in [0.2, 0.25) is 0 Å². The summed E-state index contributed by atoms with van der Waals surface area (Å²) in [5, 5.41) is 2.77. The van der Waals surface area contributed by atoms with E-state index in [1.54, 1.807) is 74.5 Å². The molecule has 4 aromatic rings. The topological polar surface area (TPSA) is 55.4 Å². The van der Waals surface area contributed by atoms with Crippen LogP contribution in [0.4, 0.5) is 10.1 Å². The largest absolute Gasteiger partial charge is 0.422 e. The second-order valence-corrected chi connectivity index (χ2v) is 9.47. The SMILES string of the molecule is C=C(C)C(=O)Nc1ccccc1C#Cc1ccc(C#Cc2ccc(C#Cc3ccccc3OC(=O)C(=C)C)cc2)c(F)c1. The number of hydrogen-bond donors (Lipinski definition) is 1. The zero-order valence-corrected chi connectivity index (χ0v) is 23.7. The molecule has 4 aromatic carbocycles. The van der Waals surface area contributed by atoms with Crippen molar-refractivity contribution in [2.75, 3.05) is 5.32 Å². The summed E-state index contributed by atoms with van der Waals surface area (Å²) in [4.78, 5) is 23.9. The molecule has 0 atom stereocenters. The number of carbonyl (C=O) groups is 2. The van der Waals surface area contributed by atoms with Gasteiger partial charge in [-0.2, -0.15) is 0 Å². The summed E-state index contributed by atoms with van der Waals surface area (Å²) in [5.41, 5.74) is 4.55. The standard InChI is InChI=1S/C38H26FNO3/c1-26(2)37(41)40-35-11-7-5-9-32(35)23-20-30-19-22-31(34(39)25-30)21-17-28-13-15-29(16-14-28)18-24-33-10-6-8-12-36(33)43-38(42)27(3)4/h5-16,19,22,25H,1,3H2,2,4H3,(H,40,41). The molecule has 0 saturated heterocycles. The van der Waals surface area contributed by atoms with E-state index in [4.69, 9.17) is 4.74 Å². The van der Waals surface area contributed by atoms with Gasteiger partial charge in [-0.3, -0.25) is 4.79 Å². The van der Waals surface area contributed by atoms with Gasteiger partial charge in [-0.05, 0) is 80.6 Å². The molecule has 4 nitrogen and oxygen atoms in total. The normalized spacial score (nSPS) is 9.56. The van der Waals surface area contributed by atoms with E-state index < -0.39 is 11.8 Å². The predicted molar refractivity (Wildman–Crippen MR) is 168 cm³/mol. The van der Waals surface area contributed by atoms with Gasteiger partial charge < -0.3 is 10.1 Å². The van der Waals surface area contributed by atoms with Crippen LogP contribution in [-0.2, 0) is 9.59 Å². The van der Waals surface area contributed by atoms with Crippen molar-refractivity contribution in [2.45, 2.75) is 13.8 Å². The fraction of sp³-hybridized carbons (Fsp3) is 0.0526. The molecule has 208 valence electrons. The molecule has 0 radical (unpaired) electrons. The summed E-state index contributed by atoms with van der Waals surface area (Å²) in [7, 11) is 0. The Kier molecular flexibility index (Phi) is 9.73. The molecule has 0 heterocycles. The molecule has 0 aliphatic heterocycles. The van der Waals surface area contributed by atoms with Crippen molar-refractivity contribution >= 4 is 17.6 Å². The summed E-state index contributed by atoms with van der Waals surface area (Å²) < 4.78 is 20.2. The highest BCUT2D eigenvalue weighted by molar-refractivity contribution is 6.03. The van der Waals surface area contributed by atoms with E-state index in [0.717, 1.165) is 5.56 Å². The average Bonchev–Trinajstić information content (AvgIpc) is 3.00. The van der Waals surface area contributed by atoms with Crippen LogP contribution in [0.3, 0.4) is 0 Å². The van der Waals surface area contributed by atoms with Crippen molar-refractivity contribution in [1.82, 2.24) is 0 Å². The summed E-state index contributed by atoms with van der Waals surface area (Å²) in [5.74, 6) is 16.9. The number of anilines is 1. The van der Waals surface area contributed by atoms with Crippen LogP contribution in [0.25, 0.3) is 0 Å². The number of amides is 1. The molecule has 0 unspecified atom stereocenters. The maximum Gasteiger partial charge on any atom is 0.338 e. The number of rotatable bonds is 4. The molecular weight excluding hydrogens is 537 g/mol. The molecule has 0 bridgehead atoms. The average molecular weight is 564 g/mol. The Morgan fingerprint density at radius 1 is 0.651 bits per heavy atom. The van der Waals surface area contributed by atoms with E-state index in [0.29, 0.717) is 44.8 Å². The first-order valence-electron chi connectivity index (χ1n) is 13.2. The van der Waals surface area contributed by atoms with Gasteiger partial charge in [-0.25, -0.2) is 9.18 Å². The molecule has 0 aromatic heterocycles. The first-order chi connectivity index (χ1) is 20.7. The monoisotopic (exact) mass is 563 g/mol. The van der Waals surface area contributed by atoms with E-state index in [1.165, 1.54) is 6.07 Å². The minimum absolute atomic E-state index is 0.240. The second-order valence-electron chi connectivity index (χ2n) is 9.47. The summed E-state index contributed by atoms with van der Waals surface area (Å²) >= 11 is 0. The molecule has 4 rings (SSSR count). The third-order valence-corrected chi connectivity index (χ3v) is 5.88. The van der Waals surface area contributed by atoms with Crippen LogP contribution < -0.4 is 10.1 Å². The number of benzene rings is 4. The third kappa shape index (κ3) is 8.45. The van der Waals surface area contributed by atoms with Crippen molar-refractivity contribution in [1.29, 1.82) is 0 Å². The molecule has 0 aliphatic carbocycles. The van der Waals surface area contributed by atoms with Crippen molar-refractivity contribution in [3.63, 3.8) is 0 Å². The lowest BCUT2D eigenvalue weighted by Crippen LogP contribution is -2.12. The molecule has 0 aliphatic rings. The smallest absolute Gasteiger partial charge is 0.338 e. The van der Waals surface area contributed by atoms with Gasteiger partial charge in [0.05, 0.1) is 16.8 Å². The van der Waals surface area contributed by atoms with Gasteiger partial charge in [-0.15, -0.1) is 0 Å². The fourth-order valence-electron chi connectivity index (χ4n) is 3.53. The van der Waals surface area contributed by atoms with E-state index in [9.17, 15) is 14.0 Å². The number of halogens is 1. The molecule has 1 N–H and O–H groups in total. The van der Waals surface area contributed by atoms with Crippen molar-refractivity contribution in [2.24, 2.45) is 0 Å². The molecule has 1 amide bonds. The zero-order valence-electron chi connectivity index (χ0n) is 23.7. The van der Waals surface area contributed by atoms with E-state index in [-0.39, 0.29) is 11.5 Å². The highest BCUT2D eigenvalue weighted by Gasteiger charge is 2.08. The van der Waals surface area contributed by atoms with Gasteiger partial charge in [0.25, 0.3) is 5.91 Å². The Hall–Kier alpha value is -6.09. The lowest BCUT2D eigenvalue weighted by atomic mass is 10.1. The Balaban J connectivity index is 1.46. The summed E-state index contributed by atoms with van der Waals surface area (Å²) in [6.07, 6.45) is 0. The Bertz CT molecular complexity index is 1930. The molecular formula is C38H26FNO3. The highest BCUT2D eigenvalue weighted by atomic mass is 19.1. The van der Waals surface area contributed by atoms with Crippen molar-refractivity contribution < 1.29 is 18.7 Å². The number of ether oxygens (including phenoxy) is 1. The van der Waals surface area contributed by atoms with Gasteiger partial charge in [0.2, 0.25) is 0 Å². The maximum atomic E-state index is 14.8. The van der Waals surface area contributed by atoms with Crippen molar-refractivity contribution in [3.8, 4) is 41.3 Å². The van der Waals surface area contributed by atoms with Gasteiger partial charge in [0.1, 0.15) is 11.6 Å². The summed E-state index contributed by atoms with van der Waals surface area (Å²) in [6.45, 7) is 10.4. The predicted octanol–water partition coefficient (Wildman–Crippen LogP) is 7.02. The lowest BCUT2D eigenvalue weighted by molar-refractivity contribution is -0.130. The van der Waals surface area contributed by atoms with Crippen LogP contribution in [-0.4, -0.2) is 11.9 Å². The molecule has 5 heteroatoms. The van der Waals surface area contributed by atoms with E-state index in [2.05, 4.69) is 54.0 Å². The Morgan fingerprint density at radius 3 is 1.81 bits per heavy atom. The number of hydrogen-bond acceptors (Lipinski definition) is 3. The fourth-order valence-corrected chi connectivity index (χ4v) is 3.53. The highest BCUT2D eigenvalue weighted by Crippen LogP contribution is 2.19. The second kappa shape index (κ2) is 14.0. The first kappa shape index (κ1) is 29.9. The van der Waals surface area contributed by atoms with Crippen LogP contribution in [0, 0.1) is 41.3 Å². The van der Waals surface area contributed by atoms with Crippen molar-refractivity contribution in [3.05, 3.63) is 154 Å². The summed E-state index contributed by atoms with van der Waals surface area (Å²) in [6, 6.07) is 26.0. The Labute approximate surface area is 250 Å². The Morgan fingerprint density at radius 2 is 1.19 bits per heavy atom. The molecule has 0 saturated carbocycles. The quantitative estimate of drug-likeness (QED) is 0.126. The first-order valence-corrected chi connectivity index (χ1v) is 13.2. The van der Waals surface area contributed by atoms with Crippen LogP contribution in [0.15, 0.2) is 115 Å². The van der Waals surface area contributed by atoms with E-state index in [1.807, 2.05) is 24.3 Å². The van der Waals surface area contributed by atoms with Gasteiger partial charge in [0, 0.05) is 33.4 Å². The third-order valence-electron chi connectivity index (χ3n) is 5.88. The number of esters is 1. The maximum absolute atomic E-state index is 14.8. The van der Waals surface area contributed by atoms with E-state index >= 15 is 0 Å². The lowest BCUT2D eigenvalue weighted by Gasteiger charge is -2.06. The van der Waals surface area contributed by atoms with Gasteiger partial charge in [-0.1, -0.05) is 72.9 Å². The number of para-hydroxylation sites is 2. The van der Waals surface area contributed by atoms with Gasteiger partial charge >= 0.3 is 5.97 Å². The van der Waals surface area contributed by atoms with Gasteiger partial charge in [0.15, 0.2) is 0 Å².